The number of aromatic nitrogens is 1. The Morgan fingerprint density at radius 1 is 0.486 bits per heavy atom. The average Bonchev–Trinajstić information content (AvgIpc) is 3.55. The molecule has 3 heterocycles. The van der Waals surface area contributed by atoms with E-state index in [0.29, 0.717) is 0 Å². The minimum absolute atomic E-state index is 1.22. The van der Waals surface area contributed by atoms with E-state index < -0.39 is 0 Å². The van der Waals surface area contributed by atoms with Gasteiger partial charge >= 0.3 is 0 Å². The van der Waals surface area contributed by atoms with Crippen LogP contribution < -0.4 is 0 Å². The van der Waals surface area contributed by atoms with Gasteiger partial charge in [-0.25, -0.2) is 0 Å². The van der Waals surface area contributed by atoms with E-state index in [1.165, 1.54) is 68.2 Å². The zero-order valence-corrected chi connectivity index (χ0v) is 20.4. The van der Waals surface area contributed by atoms with Gasteiger partial charge in [-0.2, -0.15) is 0 Å². The molecule has 164 valence electrons. The van der Waals surface area contributed by atoms with Gasteiger partial charge in [0.1, 0.15) is 9.66 Å². The summed E-state index contributed by atoms with van der Waals surface area (Å²) in [6.45, 7) is 0. The van der Waals surface area contributed by atoms with Crippen LogP contribution in [0.3, 0.4) is 0 Å². The molecule has 8 aromatic rings. The number of benzene rings is 5. The summed E-state index contributed by atoms with van der Waals surface area (Å²) in [7, 11) is 0. The van der Waals surface area contributed by atoms with Crippen molar-refractivity contribution >= 4 is 74.1 Å². The summed E-state index contributed by atoms with van der Waals surface area (Å²) >= 11 is 3.79. The van der Waals surface area contributed by atoms with Crippen LogP contribution in [-0.4, -0.2) is 4.57 Å². The van der Waals surface area contributed by atoms with Gasteiger partial charge in [-0.3, -0.25) is 4.57 Å². The SMILES string of the molecule is c1cc(-c2cccc3ccccc23)cc(-n2c3sc4ccccc4c3c3c4ccccc4sc32)c1. The third-order valence-electron chi connectivity index (χ3n) is 7.01. The van der Waals surface area contributed by atoms with Crippen LogP contribution >= 0.6 is 22.7 Å². The highest BCUT2D eigenvalue weighted by Crippen LogP contribution is 2.48. The average molecular weight is 482 g/mol. The molecule has 0 amide bonds. The van der Waals surface area contributed by atoms with Gasteiger partial charge in [0.05, 0.1) is 0 Å². The highest BCUT2D eigenvalue weighted by atomic mass is 32.1. The number of hydrogen-bond donors (Lipinski definition) is 0. The van der Waals surface area contributed by atoms with Crippen molar-refractivity contribution in [3.05, 3.63) is 115 Å². The summed E-state index contributed by atoms with van der Waals surface area (Å²) in [6.07, 6.45) is 0. The van der Waals surface area contributed by atoms with Crippen molar-refractivity contribution in [2.45, 2.75) is 0 Å². The third-order valence-corrected chi connectivity index (χ3v) is 9.33. The normalized spacial score (nSPS) is 12.0. The van der Waals surface area contributed by atoms with Crippen LogP contribution in [0.4, 0.5) is 0 Å². The quantitative estimate of drug-likeness (QED) is 0.231. The molecule has 0 fully saturated rings. The van der Waals surface area contributed by atoms with Crippen LogP contribution in [0.15, 0.2) is 115 Å². The van der Waals surface area contributed by atoms with Crippen molar-refractivity contribution in [1.82, 2.24) is 4.57 Å². The molecule has 0 bridgehead atoms. The Kier molecular flexibility index (Phi) is 4.04. The Morgan fingerprint density at radius 3 is 1.77 bits per heavy atom. The molecule has 0 aliphatic heterocycles. The molecule has 0 saturated carbocycles. The molecule has 0 atom stereocenters. The van der Waals surface area contributed by atoms with Gasteiger partial charge < -0.3 is 0 Å². The lowest BCUT2D eigenvalue weighted by molar-refractivity contribution is 1.21. The van der Waals surface area contributed by atoms with Gasteiger partial charge in [0.25, 0.3) is 0 Å². The van der Waals surface area contributed by atoms with E-state index in [4.69, 9.17) is 0 Å². The Bertz CT molecular complexity index is 1980. The standard InChI is InChI=1S/C32H19NS2/c1-2-13-23-20(9-1)10-8-16-24(23)21-11-7-12-22(19-21)33-31-29(25-14-3-5-17-27(25)34-31)30-26-15-4-6-18-28(26)35-32(30)33/h1-19H. The van der Waals surface area contributed by atoms with Gasteiger partial charge in [-0.05, 0) is 46.2 Å². The molecule has 0 spiro atoms. The molecule has 3 heteroatoms. The monoisotopic (exact) mass is 481 g/mol. The van der Waals surface area contributed by atoms with Crippen LogP contribution in [0, 0.1) is 0 Å². The van der Waals surface area contributed by atoms with Crippen LogP contribution in [0.1, 0.15) is 0 Å². The molecule has 0 radical (unpaired) electrons. The molecule has 35 heavy (non-hydrogen) atoms. The fourth-order valence-electron chi connectivity index (χ4n) is 5.48. The van der Waals surface area contributed by atoms with Crippen molar-refractivity contribution in [3.8, 4) is 16.8 Å². The summed E-state index contributed by atoms with van der Waals surface area (Å²) in [5.41, 5.74) is 3.74. The number of nitrogens with zero attached hydrogens (tertiary/aromatic N) is 1. The van der Waals surface area contributed by atoms with Crippen molar-refractivity contribution in [2.75, 3.05) is 0 Å². The minimum atomic E-state index is 1.22. The predicted molar refractivity (Wildman–Crippen MR) is 154 cm³/mol. The van der Waals surface area contributed by atoms with Gasteiger partial charge in [-0.1, -0.05) is 91.0 Å². The van der Waals surface area contributed by atoms with E-state index in [2.05, 4.69) is 120 Å². The van der Waals surface area contributed by atoms with Crippen molar-refractivity contribution in [1.29, 1.82) is 0 Å². The number of hydrogen-bond acceptors (Lipinski definition) is 2. The Hall–Kier alpha value is -3.92. The summed E-state index contributed by atoms with van der Waals surface area (Å²) in [4.78, 5) is 2.65. The third kappa shape index (κ3) is 2.74. The number of fused-ring (bicyclic) bond motifs is 8. The Labute approximate surface area is 210 Å². The maximum Gasteiger partial charge on any atom is 0.110 e. The second-order valence-corrected chi connectivity index (χ2v) is 11.0. The largest absolute Gasteiger partial charge is 0.292 e. The van der Waals surface area contributed by atoms with Gasteiger partial charge in [0.2, 0.25) is 0 Å². The summed E-state index contributed by atoms with van der Waals surface area (Å²) in [5.74, 6) is 0. The van der Waals surface area contributed by atoms with Crippen molar-refractivity contribution in [3.63, 3.8) is 0 Å². The first kappa shape index (κ1) is 19.4. The maximum absolute atomic E-state index is 2.49. The minimum Gasteiger partial charge on any atom is -0.292 e. The summed E-state index contributed by atoms with van der Waals surface area (Å²) in [5, 5.41) is 8.03. The topological polar surface area (TPSA) is 4.93 Å². The van der Waals surface area contributed by atoms with E-state index in [9.17, 15) is 0 Å². The first-order chi connectivity index (χ1) is 17.4. The molecule has 0 N–H and O–H groups in total. The van der Waals surface area contributed by atoms with E-state index in [1.807, 2.05) is 22.7 Å². The molecule has 0 unspecified atom stereocenters. The zero-order chi connectivity index (χ0) is 22.9. The molecule has 0 aliphatic carbocycles. The van der Waals surface area contributed by atoms with Crippen LogP contribution in [0.2, 0.25) is 0 Å². The predicted octanol–water partition coefficient (Wildman–Crippen LogP) is 10.0. The fraction of sp³-hybridized carbons (Fsp3) is 0. The Balaban J connectivity index is 1.48. The molecule has 0 saturated heterocycles. The summed E-state index contributed by atoms with van der Waals surface area (Å²) < 4.78 is 5.18. The van der Waals surface area contributed by atoms with Gasteiger partial charge in [0.15, 0.2) is 0 Å². The van der Waals surface area contributed by atoms with Crippen LogP contribution in [0.25, 0.3) is 68.2 Å². The van der Waals surface area contributed by atoms with Gasteiger partial charge in [-0.15, -0.1) is 22.7 Å². The highest BCUT2D eigenvalue weighted by molar-refractivity contribution is 7.28. The van der Waals surface area contributed by atoms with Gasteiger partial charge in [0, 0.05) is 36.6 Å². The van der Waals surface area contributed by atoms with Crippen molar-refractivity contribution in [2.24, 2.45) is 0 Å². The van der Waals surface area contributed by atoms with E-state index >= 15 is 0 Å². The molecular formula is C32H19NS2. The first-order valence-electron chi connectivity index (χ1n) is 11.8. The lowest BCUT2D eigenvalue weighted by Crippen LogP contribution is -1.92. The zero-order valence-electron chi connectivity index (χ0n) is 18.7. The first-order valence-corrected chi connectivity index (χ1v) is 13.4. The Morgan fingerprint density at radius 2 is 1.06 bits per heavy atom. The lowest BCUT2D eigenvalue weighted by atomic mass is 9.98. The number of thiophene rings is 2. The van der Waals surface area contributed by atoms with Crippen LogP contribution in [-0.2, 0) is 0 Å². The molecule has 8 rings (SSSR count). The van der Waals surface area contributed by atoms with E-state index in [-0.39, 0.29) is 0 Å². The number of rotatable bonds is 2. The van der Waals surface area contributed by atoms with E-state index in [1.54, 1.807) is 0 Å². The molecule has 3 aromatic heterocycles. The summed E-state index contributed by atoms with van der Waals surface area (Å²) in [6, 6.07) is 41.9. The van der Waals surface area contributed by atoms with Crippen molar-refractivity contribution < 1.29 is 0 Å². The van der Waals surface area contributed by atoms with E-state index in [0.717, 1.165) is 0 Å². The maximum atomic E-state index is 2.49. The lowest BCUT2D eigenvalue weighted by Gasteiger charge is -2.10. The molecule has 0 aliphatic rings. The highest BCUT2D eigenvalue weighted by Gasteiger charge is 2.21. The second-order valence-electron chi connectivity index (χ2n) is 8.97. The molecule has 5 aromatic carbocycles. The fourth-order valence-corrected chi connectivity index (χ4v) is 8.01. The van der Waals surface area contributed by atoms with Crippen LogP contribution in [0.5, 0.6) is 0 Å². The molecule has 1 nitrogen and oxygen atoms in total. The molecular weight excluding hydrogens is 462 g/mol. The smallest absolute Gasteiger partial charge is 0.110 e. The second kappa shape index (κ2) is 7.29.